The lowest BCUT2D eigenvalue weighted by molar-refractivity contribution is 0.143. The quantitative estimate of drug-likeness (QED) is 0.451. The van der Waals surface area contributed by atoms with E-state index in [4.69, 9.17) is 4.43 Å². The average molecular weight is 506 g/mol. The molecule has 0 unspecified atom stereocenters. The fourth-order valence-electron chi connectivity index (χ4n) is 4.81. The largest absolute Gasteiger partial charge is 0.598 e. The number of piperidine rings is 1. The van der Waals surface area contributed by atoms with Crippen molar-refractivity contribution in [3.8, 4) is 6.07 Å². The van der Waals surface area contributed by atoms with Crippen molar-refractivity contribution in [2.24, 2.45) is 5.41 Å². The SMILES string of the molecule is Cc1cc(C#N)nc(N2CCC3(CC2)C[C@@H](O[Si](C)(C)C(C)(C)C)C[C@H]3N[S@+]([O-])C(C)(C)C)n1. The third-order valence-electron chi connectivity index (χ3n) is 7.94. The number of hydrogen-bond acceptors (Lipinski definition) is 7. The molecule has 2 heterocycles. The molecule has 1 aliphatic heterocycles. The molecule has 1 saturated heterocycles. The van der Waals surface area contributed by atoms with E-state index in [2.05, 4.69) is 59.5 Å². The Bertz CT molecular complexity index is 913. The Hall–Kier alpha value is -1.18. The second-order valence-corrected chi connectivity index (χ2v) is 19.4. The van der Waals surface area contributed by atoms with Crippen LogP contribution in [0.1, 0.15) is 78.6 Å². The van der Waals surface area contributed by atoms with Crippen molar-refractivity contribution in [2.75, 3.05) is 18.0 Å². The Morgan fingerprint density at radius 3 is 2.35 bits per heavy atom. The van der Waals surface area contributed by atoms with Crippen molar-refractivity contribution in [1.29, 1.82) is 5.26 Å². The van der Waals surface area contributed by atoms with Gasteiger partial charge in [0, 0.05) is 36.2 Å². The van der Waals surface area contributed by atoms with E-state index >= 15 is 0 Å². The highest BCUT2D eigenvalue weighted by molar-refractivity contribution is 7.90. The molecule has 34 heavy (non-hydrogen) atoms. The monoisotopic (exact) mass is 505 g/mol. The lowest BCUT2D eigenvalue weighted by Crippen LogP contribution is -2.53. The van der Waals surface area contributed by atoms with Crippen LogP contribution in [0.25, 0.3) is 0 Å². The minimum absolute atomic E-state index is 0.0341. The third kappa shape index (κ3) is 5.96. The number of hydrogen-bond donors (Lipinski definition) is 1. The summed E-state index contributed by atoms with van der Waals surface area (Å²) in [6.45, 7) is 21.1. The smallest absolute Gasteiger partial charge is 0.226 e. The van der Waals surface area contributed by atoms with Crippen LogP contribution in [-0.4, -0.2) is 52.8 Å². The van der Waals surface area contributed by atoms with Crippen LogP contribution < -0.4 is 9.62 Å². The average Bonchev–Trinajstić information content (AvgIpc) is 3.01. The first-order chi connectivity index (χ1) is 15.6. The predicted octanol–water partition coefficient (Wildman–Crippen LogP) is 4.85. The highest BCUT2D eigenvalue weighted by Crippen LogP contribution is 2.50. The van der Waals surface area contributed by atoms with Gasteiger partial charge in [-0.1, -0.05) is 20.8 Å². The molecule has 2 aliphatic rings. The second kappa shape index (κ2) is 9.70. The summed E-state index contributed by atoms with van der Waals surface area (Å²) in [6, 6.07) is 4.01. The van der Waals surface area contributed by atoms with Crippen LogP contribution in [0.15, 0.2) is 6.07 Å². The van der Waals surface area contributed by atoms with Crippen LogP contribution in [0.5, 0.6) is 0 Å². The summed E-state index contributed by atoms with van der Waals surface area (Å²) in [5.74, 6) is 0.640. The molecule has 1 aromatic rings. The van der Waals surface area contributed by atoms with Gasteiger partial charge in [-0.25, -0.2) is 9.97 Å². The molecule has 1 saturated carbocycles. The standard InChI is InChI=1S/C25H43N5O2SSi/c1-18-14-19(17-26)28-22(27-18)30-12-10-25(11-13-30)16-20(32-34(8,9)24(5,6)7)15-21(25)29-33(31)23(2,3)4/h14,20-21,29H,10-13,15-16H2,1-9H3/t20-,21+,33+/m0/s1. The maximum atomic E-state index is 13.1. The van der Waals surface area contributed by atoms with E-state index in [1.54, 1.807) is 6.07 Å². The van der Waals surface area contributed by atoms with Gasteiger partial charge in [0.05, 0.1) is 6.04 Å². The Labute approximate surface area is 210 Å². The maximum absolute atomic E-state index is 13.1. The highest BCUT2D eigenvalue weighted by Gasteiger charge is 2.53. The number of nitrogens with zero attached hydrogens (tertiary/aromatic N) is 4. The van der Waals surface area contributed by atoms with Gasteiger partial charge in [0.25, 0.3) is 0 Å². The molecule has 0 aromatic carbocycles. The number of aromatic nitrogens is 2. The van der Waals surface area contributed by atoms with Crippen molar-refractivity contribution in [3.63, 3.8) is 0 Å². The molecular weight excluding hydrogens is 462 g/mol. The molecule has 0 amide bonds. The van der Waals surface area contributed by atoms with Crippen LogP contribution in [-0.2, 0) is 15.8 Å². The van der Waals surface area contributed by atoms with Crippen LogP contribution >= 0.6 is 0 Å². The van der Waals surface area contributed by atoms with E-state index in [9.17, 15) is 9.81 Å². The molecule has 1 N–H and O–H groups in total. The summed E-state index contributed by atoms with van der Waals surface area (Å²) < 4.78 is 23.2. The molecule has 3 atom stereocenters. The number of nitrogens with one attached hydrogen (secondary N) is 1. The first-order valence-corrected chi connectivity index (χ1v) is 16.5. The van der Waals surface area contributed by atoms with E-state index < -0.39 is 19.7 Å². The Kier molecular flexibility index (Phi) is 7.82. The number of anilines is 1. The molecule has 3 rings (SSSR count). The van der Waals surface area contributed by atoms with Gasteiger partial charge >= 0.3 is 0 Å². The lowest BCUT2D eigenvalue weighted by atomic mass is 9.74. The van der Waals surface area contributed by atoms with Gasteiger partial charge in [0.2, 0.25) is 5.95 Å². The Morgan fingerprint density at radius 2 is 1.82 bits per heavy atom. The first kappa shape index (κ1) is 27.4. The molecule has 1 aromatic heterocycles. The molecule has 190 valence electrons. The lowest BCUT2D eigenvalue weighted by Gasteiger charge is -2.44. The first-order valence-electron chi connectivity index (χ1n) is 12.4. The zero-order chi connectivity index (χ0) is 25.5. The summed E-state index contributed by atoms with van der Waals surface area (Å²) >= 11 is -1.13. The predicted molar refractivity (Wildman–Crippen MR) is 141 cm³/mol. The molecule has 0 bridgehead atoms. The van der Waals surface area contributed by atoms with Gasteiger partial charge in [-0.15, -0.1) is 4.72 Å². The fraction of sp³-hybridized carbons (Fsp3) is 0.800. The van der Waals surface area contributed by atoms with Gasteiger partial charge in [-0.2, -0.15) is 5.26 Å². The second-order valence-electron chi connectivity index (χ2n) is 12.6. The molecule has 9 heteroatoms. The van der Waals surface area contributed by atoms with Crippen molar-refractivity contribution < 1.29 is 8.98 Å². The molecular formula is C25H43N5O2SSi. The van der Waals surface area contributed by atoms with Crippen LogP contribution in [0.3, 0.4) is 0 Å². The molecule has 1 spiro atoms. The van der Waals surface area contributed by atoms with Gasteiger partial charge in [0.15, 0.2) is 8.32 Å². The third-order valence-corrected chi connectivity index (χ3v) is 14.1. The van der Waals surface area contributed by atoms with Crippen molar-refractivity contribution in [3.05, 3.63) is 17.5 Å². The fourth-order valence-corrected chi connectivity index (χ4v) is 7.14. The van der Waals surface area contributed by atoms with Crippen molar-refractivity contribution >= 4 is 25.6 Å². The molecule has 2 fully saturated rings. The topological polar surface area (TPSA) is 97.1 Å². The van der Waals surface area contributed by atoms with Crippen LogP contribution in [0.4, 0.5) is 5.95 Å². The normalized spacial score (nSPS) is 24.3. The van der Waals surface area contributed by atoms with Crippen molar-refractivity contribution in [2.45, 2.75) is 109 Å². The molecule has 7 nitrogen and oxygen atoms in total. The van der Waals surface area contributed by atoms with Crippen LogP contribution in [0.2, 0.25) is 18.1 Å². The highest BCUT2D eigenvalue weighted by atomic mass is 32.2. The van der Waals surface area contributed by atoms with Gasteiger partial charge in [0.1, 0.15) is 16.5 Å². The number of aryl methyl sites for hydroxylation is 1. The number of nitriles is 1. The summed E-state index contributed by atoms with van der Waals surface area (Å²) in [5.41, 5.74) is 1.25. The van der Waals surface area contributed by atoms with E-state index in [1.807, 2.05) is 27.7 Å². The van der Waals surface area contributed by atoms with Gasteiger partial charge in [-0.05, 0) is 83.0 Å². The minimum atomic E-state index is -1.90. The summed E-state index contributed by atoms with van der Waals surface area (Å²) in [7, 11) is -1.90. The van der Waals surface area contributed by atoms with E-state index in [1.165, 1.54) is 0 Å². The summed E-state index contributed by atoms with van der Waals surface area (Å²) in [5, 5.41) is 9.47. The minimum Gasteiger partial charge on any atom is -0.598 e. The number of rotatable bonds is 5. The Balaban J connectivity index is 1.80. The zero-order valence-corrected chi connectivity index (χ0v) is 24.3. The Morgan fingerprint density at radius 1 is 1.21 bits per heavy atom. The van der Waals surface area contributed by atoms with Crippen LogP contribution in [0, 0.1) is 23.7 Å². The molecule has 1 aliphatic carbocycles. The summed E-state index contributed by atoms with van der Waals surface area (Å²) in [4.78, 5) is 11.2. The maximum Gasteiger partial charge on any atom is 0.226 e. The van der Waals surface area contributed by atoms with Gasteiger partial charge < -0.3 is 13.9 Å². The van der Waals surface area contributed by atoms with Gasteiger partial charge in [-0.3, -0.25) is 0 Å². The molecule has 0 radical (unpaired) electrons. The van der Waals surface area contributed by atoms with Crippen molar-refractivity contribution in [1.82, 2.24) is 14.7 Å². The zero-order valence-electron chi connectivity index (χ0n) is 22.5. The van der Waals surface area contributed by atoms with E-state index in [0.29, 0.717) is 11.6 Å². The van der Waals surface area contributed by atoms with E-state index in [0.717, 1.165) is 44.5 Å². The van der Waals surface area contributed by atoms with E-state index in [-0.39, 0.29) is 27.3 Å². The summed E-state index contributed by atoms with van der Waals surface area (Å²) in [6.07, 6.45) is 3.99.